The molecule has 0 spiro atoms. The van der Waals surface area contributed by atoms with Crippen LogP contribution in [0, 0.1) is 6.92 Å². The van der Waals surface area contributed by atoms with Gasteiger partial charge < -0.3 is 16.4 Å². The van der Waals surface area contributed by atoms with Gasteiger partial charge in [0.15, 0.2) is 0 Å². The summed E-state index contributed by atoms with van der Waals surface area (Å²) in [4.78, 5) is 24.3. The predicted molar refractivity (Wildman–Crippen MR) is 107 cm³/mol. The minimum Gasteiger partial charge on any atom is -0.399 e. The zero-order valence-corrected chi connectivity index (χ0v) is 15.8. The highest BCUT2D eigenvalue weighted by molar-refractivity contribution is 5.85. The van der Waals surface area contributed by atoms with Gasteiger partial charge in [0, 0.05) is 12.1 Å². The van der Waals surface area contributed by atoms with Crippen molar-refractivity contribution in [2.24, 2.45) is 0 Å². The van der Waals surface area contributed by atoms with E-state index in [1.807, 2.05) is 49.4 Å². The maximum Gasteiger partial charge on any atom is 0.239 e. The Morgan fingerprint density at radius 3 is 2.67 bits per heavy atom. The number of anilines is 1. The van der Waals surface area contributed by atoms with Crippen molar-refractivity contribution < 1.29 is 9.59 Å². The van der Waals surface area contributed by atoms with Crippen molar-refractivity contribution in [2.45, 2.75) is 45.1 Å². The molecule has 0 aliphatic heterocycles. The zero-order valence-electron chi connectivity index (χ0n) is 15.8. The van der Waals surface area contributed by atoms with Crippen LogP contribution in [0.4, 0.5) is 5.69 Å². The molecule has 0 heterocycles. The highest BCUT2D eigenvalue weighted by Crippen LogP contribution is 2.30. The smallest absolute Gasteiger partial charge is 0.239 e. The molecule has 2 aromatic rings. The minimum absolute atomic E-state index is 0.00748. The molecule has 1 atom stereocenters. The van der Waals surface area contributed by atoms with Crippen molar-refractivity contribution in [1.29, 1.82) is 0 Å². The summed E-state index contributed by atoms with van der Waals surface area (Å²) >= 11 is 0. The summed E-state index contributed by atoms with van der Waals surface area (Å²) in [5, 5.41) is 5.75. The molecule has 0 saturated carbocycles. The Balaban J connectivity index is 1.45. The minimum atomic E-state index is -0.159. The number of fused-ring (bicyclic) bond motifs is 1. The maximum atomic E-state index is 12.3. The standard InChI is InChI=1S/C22H27N3O2/c1-15-5-7-16(8-6-15)9-12-21(26)24-14-22(27)25-20-4-2-3-17-13-18(23)10-11-19(17)20/h5-8,10-11,13,20H,2-4,9,12,14,23H2,1H3,(H,24,26)(H,25,27). The Kier molecular flexibility index (Phi) is 6.12. The van der Waals surface area contributed by atoms with Gasteiger partial charge in [-0.15, -0.1) is 0 Å². The van der Waals surface area contributed by atoms with E-state index in [0.29, 0.717) is 12.8 Å². The third kappa shape index (κ3) is 5.33. The van der Waals surface area contributed by atoms with E-state index in [9.17, 15) is 9.59 Å². The molecule has 5 nitrogen and oxygen atoms in total. The monoisotopic (exact) mass is 365 g/mol. The van der Waals surface area contributed by atoms with Crippen molar-refractivity contribution >= 4 is 17.5 Å². The lowest BCUT2D eigenvalue weighted by Gasteiger charge is -2.26. The number of hydrogen-bond donors (Lipinski definition) is 3. The molecule has 2 amide bonds. The first-order chi connectivity index (χ1) is 13.0. The summed E-state index contributed by atoms with van der Waals surface area (Å²) < 4.78 is 0. The van der Waals surface area contributed by atoms with Crippen molar-refractivity contribution in [3.63, 3.8) is 0 Å². The Morgan fingerprint density at radius 1 is 1.11 bits per heavy atom. The number of nitrogens with two attached hydrogens (primary N) is 1. The third-order valence-corrected chi connectivity index (χ3v) is 5.02. The number of benzene rings is 2. The number of amides is 2. The van der Waals surface area contributed by atoms with Gasteiger partial charge in [-0.1, -0.05) is 35.9 Å². The molecule has 1 aliphatic rings. The SMILES string of the molecule is Cc1ccc(CCC(=O)NCC(=O)NC2CCCc3cc(N)ccc32)cc1. The summed E-state index contributed by atoms with van der Waals surface area (Å²) in [6.07, 6.45) is 3.96. The van der Waals surface area contributed by atoms with E-state index < -0.39 is 0 Å². The fraction of sp³-hybridized carbons (Fsp3) is 0.364. The largest absolute Gasteiger partial charge is 0.399 e. The van der Waals surface area contributed by atoms with Gasteiger partial charge in [0.2, 0.25) is 11.8 Å². The first kappa shape index (κ1) is 19.0. The number of rotatable bonds is 6. The molecular formula is C22H27N3O2. The molecule has 5 heteroatoms. The van der Waals surface area contributed by atoms with E-state index in [1.165, 1.54) is 11.1 Å². The maximum absolute atomic E-state index is 12.3. The predicted octanol–water partition coefficient (Wildman–Crippen LogP) is 2.82. The molecule has 1 unspecified atom stereocenters. The second-order valence-electron chi connectivity index (χ2n) is 7.23. The summed E-state index contributed by atoms with van der Waals surface area (Å²) in [6, 6.07) is 14.0. The highest BCUT2D eigenvalue weighted by atomic mass is 16.2. The normalized spacial score (nSPS) is 15.7. The van der Waals surface area contributed by atoms with Crippen LogP contribution in [-0.2, 0) is 22.4 Å². The lowest BCUT2D eigenvalue weighted by Crippen LogP contribution is -2.39. The Labute approximate surface area is 160 Å². The first-order valence-electron chi connectivity index (χ1n) is 9.51. The molecule has 2 aromatic carbocycles. The van der Waals surface area contributed by atoms with E-state index in [1.54, 1.807) is 0 Å². The third-order valence-electron chi connectivity index (χ3n) is 5.02. The van der Waals surface area contributed by atoms with Crippen LogP contribution < -0.4 is 16.4 Å². The second kappa shape index (κ2) is 8.71. The summed E-state index contributed by atoms with van der Waals surface area (Å²) in [7, 11) is 0. The van der Waals surface area contributed by atoms with Crippen LogP contribution in [0.15, 0.2) is 42.5 Å². The molecule has 0 aromatic heterocycles. The molecule has 142 valence electrons. The molecule has 0 bridgehead atoms. The van der Waals surface area contributed by atoms with E-state index >= 15 is 0 Å². The molecule has 0 fully saturated rings. The van der Waals surface area contributed by atoms with E-state index in [-0.39, 0.29) is 24.4 Å². The van der Waals surface area contributed by atoms with Crippen LogP contribution >= 0.6 is 0 Å². The summed E-state index contributed by atoms with van der Waals surface area (Å²) in [6.45, 7) is 2.04. The number of hydrogen-bond acceptors (Lipinski definition) is 3. The molecule has 0 radical (unpaired) electrons. The number of carbonyl (C=O) groups excluding carboxylic acids is 2. The summed E-state index contributed by atoms with van der Waals surface area (Å²) in [5.41, 5.74) is 11.3. The first-order valence-corrected chi connectivity index (χ1v) is 9.51. The quantitative estimate of drug-likeness (QED) is 0.688. The van der Waals surface area contributed by atoms with E-state index in [4.69, 9.17) is 5.73 Å². The van der Waals surface area contributed by atoms with Gasteiger partial charge in [0.1, 0.15) is 0 Å². The lowest BCUT2D eigenvalue weighted by atomic mass is 9.87. The van der Waals surface area contributed by atoms with Gasteiger partial charge in [0.25, 0.3) is 0 Å². The molecule has 4 N–H and O–H groups in total. The zero-order chi connectivity index (χ0) is 19.2. The van der Waals surface area contributed by atoms with Crippen LogP contribution in [0.25, 0.3) is 0 Å². The van der Waals surface area contributed by atoms with Gasteiger partial charge in [-0.25, -0.2) is 0 Å². The van der Waals surface area contributed by atoms with Crippen LogP contribution in [-0.4, -0.2) is 18.4 Å². The fourth-order valence-electron chi connectivity index (χ4n) is 3.51. The topological polar surface area (TPSA) is 84.2 Å². The van der Waals surface area contributed by atoms with Crippen LogP contribution in [0.3, 0.4) is 0 Å². The molecule has 27 heavy (non-hydrogen) atoms. The number of nitrogen functional groups attached to an aromatic ring is 1. The molecular weight excluding hydrogens is 338 g/mol. The Bertz CT molecular complexity index is 815. The van der Waals surface area contributed by atoms with Crippen LogP contribution in [0.1, 0.15) is 47.6 Å². The van der Waals surface area contributed by atoms with Gasteiger partial charge in [-0.3, -0.25) is 9.59 Å². The van der Waals surface area contributed by atoms with Gasteiger partial charge in [0.05, 0.1) is 12.6 Å². The van der Waals surface area contributed by atoms with Crippen LogP contribution in [0.5, 0.6) is 0 Å². The second-order valence-corrected chi connectivity index (χ2v) is 7.23. The van der Waals surface area contributed by atoms with Crippen LogP contribution in [0.2, 0.25) is 0 Å². The van der Waals surface area contributed by atoms with E-state index in [0.717, 1.165) is 36.1 Å². The van der Waals surface area contributed by atoms with Crippen molar-refractivity contribution in [1.82, 2.24) is 10.6 Å². The number of aryl methyl sites for hydroxylation is 3. The van der Waals surface area contributed by atoms with Gasteiger partial charge in [-0.2, -0.15) is 0 Å². The van der Waals surface area contributed by atoms with Crippen molar-refractivity contribution in [3.8, 4) is 0 Å². The molecule has 3 rings (SSSR count). The molecule has 1 aliphatic carbocycles. The van der Waals surface area contributed by atoms with Gasteiger partial charge >= 0.3 is 0 Å². The Morgan fingerprint density at radius 2 is 1.89 bits per heavy atom. The number of carbonyl (C=O) groups is 2. The number of nitrogens with one attached hydrogen (secondary N) is 2. The molecule has 0 saturated heterocycles. The average molecular weight is 365 g/mol. The summed E-state index contributed by atoms with van der Waals surface area (Å²) in [5.74, 6) is -0.268. The van der Waals surface area contributed by atoms with Crippen molar-refractivity contribution in [2.75, 3.05) is 12.3 Å². The lowest BCUT2D eigenvalue weighted by molar-refractivity contribution is -0.126. The average Bonchev–Trinajstić information content (AvgIpc) is 2.66. The van der Waals surface area contributed by atoms with E-state index in [2.05, 4.69) is 10.6 Å². The van der Waals surface area contributed by atoms with Crippen molar-refractivity contribution in [3.05, 3.63) is 64.7 Å². The highest BCUT2D eigenvalue weighted by Gasteiger charge is 2.21. The Hall–Kier alpha value is -2.82. The van der Waals surface area contributed by atoms with Gasteiger partial charge in [-0.05, 0) is 61.4 Å². The fourth-order valence-corrected chi connectivity index (χ4v) is 3.51.